The molecule has 5 nitrogen and oxygen atoms in total. The fourth-order valence-electron chi connectivity index (χ4n) is 2.38. The predicted octanol–water partition coefficient (Wildman–Crippen LogP) is -0.290. The maximum Gasteiger partial charge on any atom is 0.0558 e. The van der Waals surface area contributed by atoms with Crippen molar-refractivity contribution >= 4 is 11.4 Å². The van der Waals surface area contributed by atoms with Crippen LogP contribution in [-0.2, 0) is 0 Å². The Morgan fingerprint density at radius 2 is 1.89 bits per heavy atom. The first kappa shape index (κ1) is 13.1. The van der Waals surface area contributed by atoms with E-state index in [1.165, 1.54) is 0 Å². The van der Waals surface area contributed by atoms with E-state index in [1.807, 2.05) is 24.3 Å². The van der Waals surface area contributed by atoms with E-state index in [0.29, 0.717) is 6.54 Å². The number of nitrogen functional groups attached to an aromatic ring is 1. The number of nitrogens with two attached hydrogens (primary N) is 2. The molecule has 1 aliphatic rings. The molecule has 1 saturated heterocycles. The zero-order chi connectivity index (χ0) is 13.0. The van der Waals surface area contributed by atoms with E-state index in [1.54, 1.807) is 0 Å². The third kappa shape index (κ3) is 3.35. The van der Waals surface area contributed by atoms with Crippen molar-refractivity contribution in [2.45, 2.75) is 6.04 Å². The van der Waals surface area contributed by atoms with Crippen LogP contribution in [0.5, 0.6) is 0 Å². The number of aliphatic hydroxyl groups excluding tert-OH is 1. The Kier molecular flexibility index (Phi) is 4.41. The van der Waals surface area contributed by atoms with Crippen molar-refractivity contribution in [2.24, 2.45) is 5.73 Å². The van der Waals surface area contributed by atoms with Gasteiger partial charge in [-0.2, -0.15) is 0 Å². The smallest absolute Gasteiger partial charge is 0.0558 e. The van der Waals surface area contributed by atoms with Gasteiger partial charge in [-0.25, -0.2) is 0 Å². The van der Waals surface area contributed by atoms with Gasteiger partial charge in [-0.1, -0.05) is 0 Å². The number of β-amino-alcohol motifs (C(OH)–C–C–N with tert-alkyl or cyclic N) is 1. The SMILES string of the molecule is Nc1ccc(N2CCN(CCO)CC(N)C2)cc1. The van der Waals surface area contributed by atoms with E-state index in [0.717, 1.165) is 37.6 Å². The maximum atomic E-state index is 9.00. The van der Waals surface area contributed by atoms with Gasteiger partial charge in [0, 0.05) is 50.1 Å². The molecule has 1 heterocycles. The highest BCUT2D eigenvalue weighted by molar-refractivity contribution is 5.53. The van der Waals surface area contributed by atoms with Crippen LogP contribution in [0, 0.1) is 0 Å². The predicted molar refractivity (Wildman–Crippen MR) is 74.6 cm³/mol. The first-order valence-corrected chi connectivity index (χ1v) is 6.38. The summed E-state index contributed by atoms with van der Waals surface area (Å²) in [7, 11) is 0. The van der Waals surface area contributed by atoms with E-state index < -0.39 is 0 Å². The summed E-state index contributed by atoms with van der Waals surface area (Å²) in [5.41, 5.74) is 13.8. The summed E-state index contributed by atoms with van der Waals surface area (Å²) in [4.78, 5) is 4.49. The highest BCUT2D eigenvalue weighted by Gasteiger charge is 2.19. The van der Waals surface area contributed by atoms with Crippen LogP contribution in [0.25, 0.3) is 0 Å². The van der Waals surface area contributed by atoms with Crippen molar-refractivity contribution in [1.29, 1.82) is 0 Å². The van der Waals surface area contributed by atoms with Crippen LogP contribution in [0.3, 0.4) is 0 Å². The first-order valence-electron chi connectivity index (χ1n) is 6.38. The van der Waals surface area contributed by atoms with Crippen molar-refractivity contribution in [1.82, 2.24) is 4.90 Å². The molecule has 1 fully saturated rings. The lowest BCUT2D eigenvalue weighted by Gasteiger charge is -2.24. The zero-order valence-electron chi connectivity index (χ0n) is 10.6. The molecule has 2 rings (SSSR count). The summed E-state index contributed by atoms with van der Waals surface area (Å²) in [6, 6.07) is 8.00. The highest BCUT2D eigenvalue weighted by Crippen LogP contribution is 2.17. The molecule has 1 aromatic rings. The number of benzene rings is 1. The minimum Gasteiger partial charge on any atom is -0.399 e. The molecule has 0 aliphatic carbocycles. The molecule has 0 amide bonds. The van der Waals surface area contributed by atoms with Crippen molar-refractivity contribution in [3.8, 4) is 0 Å². The fourth-order valence-corrected chi connectivity index (χ4v) is 2.38. The molecule has 1 aliphatic heterocycles. The average molecular weight is 250 g/mol. The van der Waals surface area contributed by atoms with Crippen LogP contribution in [0.1, 0.15) is 0 Å². The lowest BCUT2D eigenvalue weighted by molar-refractivity contribution is 0.199. The van der Waals surface area contributed by atoms with E-state index in [2.05, 4.69) is 9.80 Å². The molecular formula is C13H22N4O. The van der Waals surface area contributed by atoms with E-state index in [-0.39, 0.29) is 12.6 Å². The van der Waals surface area contributed by atoms with E-state index in [4.69, 9.17) is 16.6 Å². The normalized spacial score (nSPS) is 21.9. The van der Waals surface area contributed by atoms with Crippen molar-refractivity contribution in [3.63, 3.8) is 0 Å². The lowest BCUT2D eigenvalue weighted by atomic mass is 10.2. The Morgan fingerprint density at radius 1 is 1.17 bits per heavy atom. The molecule has 18 heavy (non-hydrogen) atoms. The summed E-state index contributed by atoms with van der Waals surface area (Å²) < 4.78 is 0. The van der Waals surface area contributed by atoms with Gasteiger partial charge in [0.1, 0.15) is 0 Å². The van der Waals surface area contributed by atoms with Gasteiger partial charge in [0.05, 0.1) is 6.61 Å². The lowest BCUT2D eigenvalue weighted by Crippen LogP contribution is -2.40. The third-order valence-electron chi connectivity index (χ3n) is 3.31. The van der Waals surface area contributed by atoms with Crippen molar-refractivity contribution in [2.75, 3.05) is 50.0 Å². The van der Waals surface area contributed by atoms with Crippen LogP contribution in [-0.4, -0.2) is 55.4 Å². The number of anilines is 2. The first-order chi connectivity index (χ1) is 8.69. The number of nitrogens with zero attached hydrogens (tertiary/aromatic N) is 2. The molecule has 5 N–H and O–H groups in total. The summed E-state index contributed by atoms with van der Waals surface area (Å²) in [6.45, 7) is 4.42. The molecule has 1 unspecified atom stereocenters. The average Bonchev–Trinajstić information content (AvgIpc) is 2.52. The van der Waals surface area contributed by atoms with Gasteiger partial charge in [-0.05, 0) is 24.3 Å². The monoisotopic (exact) mass is 250 g/mol. The second-order valence-corrected chi connectivity index (χ2v) is 4.82. The van der Waals surface area contributed by atoms with Gasteiger partial charge >= 0.3 is 0 Å². The van der Waals surface area contributed by atoms with Gasteiger partial charge in [0.2, 0.25) is 0 Å². The van der Waals surface area contributed by atoms with Crippen molar-refractivity contribution in [3.05, 3.63) is 24.3 Å². The molecule has 0 saturated carbocycles. The summed E-state index contributed by atoms with van der Waals surface area (Å²) in [6.07, 6.45) is 0. The van der Waals surface area contributed by atoms with E-state index in [9.17, 15) is 0 Å². The van der Waals surface area contributed by atoms with Gasteiger partial charge in [0.25, 0.3) is 0 Å². The summed E-state index contributed by atoms with van der Waals surface area (Å²) in [5.74, 6) is 0. The maximum absolute atomic E-state index is 9.00. The van der Waals surface area contributed by atoms with Crippen LogP contribution < -0.4 is 16.4 Å². The second-order valence-electron chi connectivity index (χ2n) is 4.82. The van der Waals surface area contributed by atoms with Gasteiger partial charge < -0.3 is 21.5 Å². The molecule has 0 spiro atoms. The van der Waals surface area contributed by atoms with Crippen LogP contribution in [0.2, 0.25) is 0 Å². The topological polar surface area (TPSA) is 78.8 Å². The van der Waals surface area contributed by atoms with Gasteiger partial charge in [-0.3, -0.25) is 4.90 Å². The standard InChI is InChI=1S/C13H22N4O/c14-11-1-3-13(4-2-11)17-6-5-16(7-8-18)9-12(15)10-17/h1-4,12,18H,5-10,14-15H2. The molecule has 0 bridgehead atoms. The Hall–Kier alpha value is -1.30. The summed E-state index contributed by atoms with van der Waals surface area (Å²) in [5, 5.41) is 9.00. The Morgan fingerprint density at radius 3 is 2.56 bits per heavy atom. The third-order valence-corrected chi connectivity index (χ3v) is 3.31. The van der Waals surface area contributed by atoms with Crippen molar-refractivity contribution < 1.29 is 5.11 Å². The molecule has 0 aromatic heterocycles. The Balaban J connectivity index is 2.03. The Labute approximate surface area is 108 Å². The van der Waals surface area contributed by atoms with Crippen LogP contribution in [0.15, 0.2) is 24.3 Å². The molecule has 1 aromatic carbocycles. The summed E-state index contributed by atoms with van der Waals surface area (Å²) >= 11 is 0. The molecule has 5 heteroatoms. The van der Waals surface area contributed by atoms with Crippen LogP contribution in [0.4, 0.5) is 11.4 Å². The quantitative estimate of drug-likeness (QED) is 0.643. The molecule has 0 radical (unpaired) electrons. The fraction of sp³-hybridized carbons (Fsp3) is 0.538. The number of aliphatic hydroxyl groups is 1. The minimum absolute atomic E-state index is 0.108. The molecule has 100 valence electrons. The van der Waals surface area contributed by atoms with Gasteiger partial charge in [0.15, 0.2) is 0 Å². The highest BCUT2D eigenvalue weighted by atomic mass is 16.3. The number of hydrogen-bond donors (Lipinski definition) is 3. The zero-order valence-corrected chi connectivity index (χ0v) is 10.6. The Bertz CT molecular complexity index is 368. The number of rotatable bonds is 3. The molecule has 1 atom stereocenters. The second kappa shape index (κ2) is 6.04. The number of hydrogen-bond acceptors (Lipinski definition) is 5. The van der Waals surface area contributed by atoms with E-state index >= 15 is 0 Å². The largest absolute Gasteiger partial charge is 0.399 e. The molecular weight excluding hydrogens is 228 g/mol. The van der Waals surface area contributed by atoms with Gasteiger partial charge in [-0.15, -0.1) is 0 Å². The van der Waals surface area contributed by atoms with Crippen LogP contribution >= 0.6 is 0 Å². The minimum atomic E-state index is 0.108.